The highest BCUT2D eigenvalue weighted by Gasteiger charge is 2.12. The van der Waals surface area contributed by atoms with Crippen molar-refractivity contribution in [1.82, 2.24) is 5.43 Å². The summed E-state index contributed by atoms with van der Waals surface area (Å²) in [7, 11) is 0. The number of nitrogens with zero attached hydrogens (tertiary/aromatic N) is 1. The molecule has 0 aliphatic heterocycles. The Morgan fingerprint density at radius 2 is 1.95 bits per heavy atom. The van der Waals surface area contributed by atoms with E-state index in [2.05, 4.69) is 10.5 Å². The van der Waals surface area contributed by atoms with Gasteiger partial charge < -0.3 is 4.42 Å². The van der Waals surface area contributed by atoms with E-state index >= 15 is 0 Å². The Labute approximate surface area is 126 Å². The van der Waals surface area contributed by atoms with E-state index in [9.17, 15) is 4.79 Å². The van der Waals surface area contributed by atoms with Crippen LogP contribution in [0.25, 0.3) is 0 Å². The van der Waals surface area contributed by atoms with Gasteiger partial charge in [0.05, 0.1) is 21.8 Å². The van der Waals surface area contributed by atoms with Gasteiger partial charge in [-0.05, 0) is 32.0 Å². The minimum Gasteiger partial charge on any atom is -0.466 e. The fourth-order valence-electron chi connectivity index (χ4n) is 1.71. The third-order valence-electron chi connectivity index (χ3n) is 2.65. The first-order valence-electron chi connectivity index (χ1n) is 5.83. The van der Waals surface area contributed by atoms with Gasteiger partial charge in [-0.15, -0.1) is 0 Å². The summed E-state index contributed by atoms with van der Waals surface area (Å²) >= 11 is 12.0. The molecule has 1 amide bonds. The number of carbonyl (C=O) groups excluding carboxylic acids is 1. The van der Waals surface area contributed by atoms with Gasteiger partial charge in [0, 0.05) is 5.56 Å². The minimum absolute atomic E-state index is 0.348. The van der Waals surface area contributed by atoms with Crippen LogP contribution in [0.15, 0.2) is 33.8 Å². The van der Waals surface area contributed by atoms with Crippen molar-refractivity contribution in [2.45, 2.75) is 13.8 Å². The second-order valence-corrected chi connectivity index (χ2v) is 4.98. The van der Waals surface area contributed by atoms with Crippen LogP contribution in [0.1, 0.15) is 27.4 Å². The SMILES string of the molecule is Cc1cc(C(=O)N/N=C/c2c(Cl)cccc2Cl)c(C)o1. The Morgan fingerprint density at radius 3 is 2.50 bits per heavy atom. The molecule has 0 fully saturated rings. The van der Waals surface area contributed by atoms with Gasteiger partial charge >= 0.3 is 0 Å². The number of hydrazone groups is 1. The van der Waals surface area contributed by atoms with Crippen molar-refractivity contribution < 1.29 is 9.21 Å². The predicted molar refractivity (Wildman–Crippen MR) is 79.7 cm³/mol. The van der Waals surface area contributed by atoms with Crippen molar-refractivity contribution in [3.63, 3.8) is 0 Å². The maximum Gasteiger partial charge on any atom is 0.274 e. The number of carbonyl (C=O) groups is 1. The molecular weight excluding hydrogens is 299 g/mol. The van der Waals surface area contributed by atoms with Crippen LogP contribution in [-0.4, -0.2) is 12.1 Å². The molecule has 0 aliphatic carbocycles. The summed E-state index contributed by atoms with van der Waals surface area (Å²) in [6.07, 6.45) is 1.41. The second-order valence-electron chi connectivity index (χ2n) is 4.16. The summed E-state index contributed by atoms with van der Waals surface area (Å²) in [6, 6.07) is 6.78. The van der Waals surface area contributed by atoms with Crippen molar-refractivity contribution in [3.8, 4) is 0 Å². The zero-order valence-electron chi connectivity index (χ0n) is 10.9. The van der Waals surface area contributed by atoms with E-state index in [-0.39, 0.29) is 5.91 Å². The number of aryl methyl sites for hydroxylation is 2. The van der Waals surface area contributed by atoms with Crippen LogP contribution in [0.4, 0.5) is 0 Å². The first kappa shape index (κ1) is 14.6. The highest BCUT2D eigenvalue weighted by atomic mass is 35.5. The largest absolute Gasteiger partial charge is 0.466 e. The Bertz CT molecular complexity index is 658. The van der Waals surface area contributed by atoms with Gasteiger partial charge in [-0.25, -0.2) is 5.43 Å². The first-order valence-corrected chi connectivity index (χ1v) is 6.59. The topological polar surface area (TPSA) is 54.6 Å². The van der Waals surface area contributed by atoms with E-state index in [1.54, 1.807) is 38.1 Å². The van der Waals surface area contributed by atoms with Gasteiger partial charge in [0.2, 0.25) is 0 Å². The second kappa shape index (κ2) is 6.11. The summed E-state index contributed by atoms with van der Waals surface area (Å²) in [6.45, 7) is 3.49. The zero-order valence-corrected chi connectivity index (χ0v) is 12.4. The summed E-state index contributed by atoms with van der Waals surface area (Å²) < 4.78 is 5.28. The fraction of sp³-hybridized carbons (Fsp3) is 0.143. The lowest BCUT2D eigenvalue weighted by Crippen LogP contribution is -2.17. The molecule has 104 valence electrons. The third-order valence-corrected chi connectivity index (χ3v) is 3.30. The van der Waals surface area contributed by atoms with Crippen LogP contribution < -0.4 is 5.43 Å². The molecule has 0 spiro atoms. The minimum atomic E-state index is -0.348. The van der Waals surface area contributed by atoms with Crippen LogP contribution in [0, 0.1) is 13.8 Å². The Morgan fingerprint density at radius 1 is 1.30 bits per heavy atom. The molecule has 0 saturated heterocycles. The quantitative estimate of drug-likeness (QED) is 0.689. The highest BCUT2D eigenvalue weighted by Crippen LogP contribution is 2.22. The first-order chi connectivity index (χ1) is 9.49. The molecule has 1 N–H and O–H groups in total. The van der Waals surface area contributed by atoms with Crippen molar-refractivity contribution in [3.05, 3.63) is 57.0 Å². The summed E-state index contributed by atoms with van der Waals surface area (Å²) in [4.78, 5) is 11.9. The molecule has 0 bridgehead atoms. The molecule has 0 radical (unpaired) electrons. The van der Waals surface area contributed by atoms with Gasteiger partial charge in [-0.2, -0.15) is 5.10 Å². The highest BCUT2D eigenvalue weighted by molar-refractivity contribution is 6.38. The maximum atomic E-state index is 11.9. The molecular formula is C14H12Cl2N2O2. The van der Waals surface area contributed by atoms with E-state index < -0.39 is 0 Å². The van der Waals surface area contributed by atoms with Crippen molar-refractivity contribution in [2.75, 3.05) is 0 Å². The number of nitrogens with one attached hydrogen (secondary N) is 1. The standard InChI is InChI=1S/C14H12Cl2N2O2/c1-8-6-10(9(2)20-8)14(19)18-17-7-11-12(15)4-3-5-13(11)16/h3-7H,1-2H3,(H,18,19)/b17-7+. The van der Waals surface area contributed by atoms with Crippen molar-refractivity contribution in [2.24, 2.45) is 5.10 Å². The summed E-state index contributed by atoms with van der Waals surface area (Å²) in [5.41, 5.74) is 3.41. The van der Waals surface area contributed by atoms with Crippen LogP contribution in [-0.2, 0) is 0 Å². The van der Waals surface area contributed by atoms with Crippen molar-refractivity contribution in [1.29, 1.82) is 0 Å². The molecule has 6 heteroatoms. The molecule has 1 aromatic heterocycles. The maximum absolute atomic E-state index is 11.9. The molecule has 0 aliphatic rings. The lowest BCUT2D eigenvalue weighted by molar-refractivity contribution is 0.0953. The monoisotopic (exact) mass is 310 g/mol. The molecule has 0 atom stereocenters. The third kappa shape index (κ3) is 3.21. The average Bonchev–Trinajstić information content (AvgIpc) is 2.72. The van der Waals surface area contributed by atoms with E-state index in [4.69, 9.17) is 27.6 Å². The Balaban J connectivity index is 2.11. The van der Waals surface area contributed by atoms with Gasteiger partial charge in [-0.3, -0.25) is 4.79 Å². The zero-order chi connectivity index (χ0) is 14.7. The van der Waals surface area contributed by atoms with Gasteiger partial charge in [0.25, 0.3) is 5.91 Å². The van der Waals surface area contributed by atoms with Crippen LogP contribution in [0.2, 0.25) is 10.0 Å². The number of hydrogen-bond acceptors (Lipinski definition) is 3. The number of benzene rings is 1. The molecule has 1 aromatic carbocycles. The Hall–Kier alpha value is -1.78. The van der Waals surface area contributed by atoms with Gasteiger partial charge in [0.1, 0.15) is 11.5 Å². The van der Waals surface area contributed by atoms with E-state index in [1.807, 2.05) is 0 Å². The molecule has 2 aromatic rings. The number of rotatable bonds is 3. The van der Waals surface area contributed by atoms with Crippen molar-refractivity contribution >= 4 is 35.3 Å². The van der Waals surface area contributed by atoms with Crippen LogP contribution in [0.5, 0.6) is 0 Å². The summed E-state index contributed by atoms with van der Waals surface area (Å²) in [5, 5.41) is 4.78. The van der Waals surface area contributed by atoms with Gasteiger partial charge in [0.15, 0.2) is 0 Å². The number of hydrogen-bond donors (Lipinski definition) is 1. The van der Waals surface area contributed by atoms with Crippen LogP contribution >= 0.6 is 23.2 Å². The molecule has 0 unspecified atom stereocenters. The van der Waals surface area contributed by atoms with E-state index in [0.29, 0.717) is 32.7 Å². The van der Waals surface area contributed by atoms with Crippen LogP contribution in [0.3, 0.4) is 0 Å². The molecule has 1 heterocycles. The lowest BCUT2D eigenvalue weighted by Gasteiger charge is -2.01. The molecule has 0 saturated carbocycles. The number of furan rings is 1. The molecule has 4 nitrogen and oxygen atoms in total. The normalized spacial score (nSPS) is 11.0. The lowest BCUT2D eigenvalue weighted by atomic mass is 10.2. The number of halogens is 2. The van der Waals surface area contributed by atoms with Gasteiger partial charge in [-0.1, -0.05) is 29.3 Å². The molecule has 2 rings (SSSR count). The average molecular weight is 311 g/mol. The summed E-state index contributed by atoms with van der Waals surface area (Å²) in [5.74, 6) is 0.871. The Kier molecular flexibility index (Phi) is 4.47. The van der Waals surface area contributed by atoms with E-state index in [0.717, 1.165) is 0 Å². The molecule has 20 heavy (non-hydrogen) atoms. The predicted octanol–water partition coefficient (Wildman–Crippen LogP) is 3.97. The number of amides is 1. The van der Waals surface area contributed by atoms with E-state index in [1.165, 1.54) is 6.21 Å². The fourth-order valence-corrected chi connectivity index (χ4v) is 2.20. The smallest absolute Gasteiger partial charge is 0.274 e.